The minimum Gasteiger partial charge on any atom is -0.456 e. The zero-order chi connectivity index (χ0) is 15.8. The second-order valence-electron chi connectivity index (χ2n) is 8.10. The maximum absolute atomic E-state index is 12.1. The first-order valence-corrected chi connectivity index (χ1v) is 8.03. The molecule has 0 aromatic carbocycles. The second kappa shape index (κ2) is 4.13. The van der Waals surface area contributed by atoms with Gasteiger partial charge >= 0.3 is 11.9 Å². The molecular weight excluding hydrogens is 284 g/mol. The molecule has 6 atom stereocenters. The molecule has 0 heterocycles. The van der Waals surface area contributed by atoms with E-state index in [1.54, 1.807) is 0 Å². The number of aliphatic hydroxyl groups is 1. The van der Waals surface area contributed by atoms with Gasteiger partial charge in [-0.2, -0.15) is 0 Å². The lowest BCUT2D eigenvalue weighted by Gasteiger charge is -2.60. The summed E-state index contributed by atoms with van der Waals surface area (Å²) in [6, 6.07) is 0. The van der Waals surface area contributed by atoms with E-state index in [0.717, 1.165) is 31.8 Å². The first kappa shape index (κ1) is 14.2. The summed E-state index contributed by atoms with van der Waals surface area (Å²) >= 11 is 0. The van der Waals surface area contributed by atoms with Crippen molar-refractivity contribution in [3.63, 3.8) is 0 Å². The Kier molecular flexibility index (Phi) is 2.68. The van der Waals surface area contributed by atoms with Gasteiger partial charge in [-0.1, -0.05) is 13.5 Å². The molecule has 5 rings (SSSR count). The highest BCUT2D eigenvalue weighted by molar-refractivity contribution is 5.83. The third-order valence-corrected chi connectivity index (χ3v) is 6.48. The standard InChI is InChI=1S/C17H22O5/c1-3-12(18)21-7-13(19)22-17-5-10-4-15(2)8-16(20,9-17)6-11(10)14(15)17/h3,10-11,14,20H,1,4-9H2,2H3. The van der Waals surface area contributed by atoms with Gasteiger partial charge in [-0.15, -0.1) is 0 Å². The Morgan fingerprint density at radius 2 is 2.09 bits per heavy atom. The van der Waals surface area contributed by atoms with E-state index in [-0.39, 0.29) is 12.0 Å². The lowest BCUT2D eigenvalue weighted by molar-refractivity contribution is -0.234. The fraction of sp³-hybridized carbons (Fsp3) is 0.765. The van der Waals surface area contributed by atoms with E-state index in [1.807, 2.05) is 0 Å². The molecule has 0 amide bonds. The van der Waals surface area contributed by atoms with Crippen LogP contribution < -0.4 is 0 Å². The van der Waals surface area contributed by atoms with Gasteiger partial charge in [0.2, 0.25) is 0 Å². The van der Waals surface area contributed by atoms with Crippen LogP contribution in [0.5, 0.6) is 0 Å². The molecule has 0 spiro atoms. The van der Waals surface area contributed by atoms with Gasteiger partial charge < -0.3 is 14.6 Å². The van der Waals surface area contributed by atoms with Gasteiger partial charge in [0.15, 0.2) is 6.61 Å². The van der Waals surface area contributed by atoms with Crippen LogP contribution in [0.4, 0.5) is 0 Å². The van der Waals surface area contributed by atoms with Crippen molar-refractivity contribution in [2.75, 3.05) is 6.61 Å². The molecule has 6 bridgehead atoms. The molecule has 5 aliphatic rings. The van der Waals surface area contributed by atoms with Crippen LogP contribution in [0.2, 0.25) is 0 Å². The predicted molar refractivity (Wildman–Crippen MR) is 76.6 cm³/mol. The third kappa shape index (κ3) is 1.75. The van der Waals surface area contributed by atoms with E-state index in [9.17, 15) is 14.7 Å². The Morgan fingerprint density at radius 1 is 1.32 bits per heavy atom. The Labute approximate surface area is 129 Å². The highest BCUT2D eigenvalue weighted by atomic mass is 16.6. The lowest BCUT2D eigenvalue weighted by Crippen LogP contribution is -2.63. The van der Waals surface area contributed by atoms with E-state index >= 15 is 0 Å². The quantitative estimate of drug-likeness (QED) is 0.631. The van der Waals surface area contributed by atoms with Crippen molar-refractivity contribution in [3.05, 3.63) is 12.7 Å². The summed E-state index contributed by atoms with van der Waals surface area (Å²) in [5.41, 5.74) is -1.17. The van der Waals surface area contributed by atoms with Crippen molar-refractivity contribution in [1.82, 2.24) is 0 Å². The highest BCUT2D eigenvalue weighted by Gasteiger charge is 2.76. The van der Waals surface area contributed by atoms with E-state index in [4.69, 9.17) is 9.47 Å². The lowest BCUT2D eigenvalue weighted by atomic mass is 9.50. The molecule has 5 aliphatic carbocycles. The summed E-state index contributed by atoms with van der Waals surface area (Å²) in [5.74, 6) is 0.224. The summed E-state index contributed by atoms with van der Waals surface area (Å²) in [7, 11) is 0. The molecular formula is C17H22O5. The van der Waals surface area contributed by atoms with Crippen molar-refractivity contribution in [2.45, 2.75) is 50.2 Å². The van der Waals surface area contributed by atoms with Crippen molar-refractivity contribution >= 4 is 11.9 Å². The monoisotopic (exact) mass is 306 g/mol. The van der Waals surface area contributed by atoms with Gasteiger partial charge in [-0.25, -0.2) is 9.59 Å². The van der Waals surface area contributed by atoms with Gasteiger partial charge in [-0.05, 0) is 42.9 Å². The van der Waals surface area contributed by atoms with Crippen LogP contribution in [0.15, 0.2) is 12.7 Å². The van der Waals surface area contributed by atoms with Gasteiger partial charge in [0, 0.05) is 18.4 Å². The fourth-order valence-corrected chi connectivity index (χ4v) is 6.68. The van der Waals surface area contributed by atoms with Crippen LogP contribution in [0.1, 0.15) is 39.0 Å². The number of ether oxygens (including phenoxy) is 2. The van der Waals surface area contributed by atoms with Crippen molar-refractivity contribution < 1.29 is 24.2 Å². The molecule has 5 nitrogen and oxygen atoms in total. The predicted octanol–water partition coefficient (Wildman–Crippen LogP) is 1.59. The minimum atomic E-state index is -0.697. The van der Waals surface area contributed by atoms with Gasteiger partial charge in [0.25, 0.3) is 0 Å². The molecule has 120 valence electrons. The van der Waals surface area contributed by atoms with Gasteiger partial charge in [0.05, 0.1) is 5.60 Å². The Balaban J connectivity index is 1.54. The Morgan fingerprint density at radius 3 is 2.77 bits per heavy atom. The summed E-state index contributed by atoms with van der Waals surface area (Å²) in [6.45, 7) is 5.14. The maximum Gasteiger partial charge on any atom is 0.344 e. The molecule has 0 aliphatic heterocycles. The molecule has 0 aromatic heterocycles. The number of rotatable bonds is 4. The molecule has 0 radical (unpaired) electrons. The smallest absolute Gasteiger partial charge is 0.344 e. The second-order valence-corrected chi connectivity index (χ2v) is 8.10. The van der Waals surface area contributed by atoms with Crippen LogP contribution in [-0.2, 0) is 19.1 Å². The molecule has 1 N–H and O–H groups in total. The molecule has 5 heteroatoms. The summed E-state index contributed by atoms with van der Waals surface area (Å²) in [5, 5.41) is 10.9. The van der Waals surface area contributed by atoms with E-state index < -0.39 is 23.1 Å². The zero-order valence-electron chi connectivity index (χ0n) is 12.8. The SMILES string of the molecule is C=CC(=O)OCC(=O)OC12CC3CC4(C)CC(O)(CC3C41)C2. The summed E-state index contributed by atoms with van der Waals surface area (Å²) < 4.78 is 10.6. The van der Waals surface area contributed by atoms with E-state index in [1.165, 1.54) is 0 Å². The average Bonchev–Trinajstić information content (AvgIpc) is 2.75. The van der Waals surface area contributed by atoms with Gasteiger partial charge in [-0.3, -0.25) is 0 Å². The van der Waals surface area contributed by atoms with Crippen molar-refractivity contribution in [3.8, 4) is 0 Å². The van der Waals surface area contributed by atoms with Crippen LogP contribution in [0, 0.1) is 23.2 Å². The third-order valence-electron chi connectivity index (χ3n) is 6.48. The Bertz CT molecular complexity index is 571. The zero-order valence-corrected chi connectivity index (χ0v) is 12.8. The normalized spacial score (nSPS) is 50.2. The molecule has 0 aromatic rings. The molecule has 6 unspecified atom stereocenters. The van der Waals surface area contributed by atoms with Crippen LogP contribution in [0.25, 0.3) is 0 Å². The maximum atomic E-state index is 12.1. The van der Waals surface area contributed by atoms with E-state index in [2.05, 4.69) is 13.5 Å². The molecule has 22 heavy (non-hydrogen) atoms. The first-order valence-electron chi connectivity index (χ1n) is 8.03. The number of carbonyl (C=O) groups is 2. The number of carbonyl (C=O) groups excluding carboxylic acids is 2. The molecule has 5 fully saturated rings. The van der Waals surface area contributed by atoms with Crippen molar-refractivity contribution in [1.29, 1.82) is 0 Å². The van der Waals surface area contributed by atoms with E-state index in [0.29, 0.717) is 24.2 Å². The van der Waals surface area contributed by atoms with Crippen molar-refractivity contribution in [2.24, 2.45) is 23.2 Å². The van der Waals surface area contributed by atoms with Crippen LogP contribution in [0.3, 0.4) is 0 Å². The molecule has 0 saturated heterocycles. The van der Waals surface area contributed by atoms with Crippen LogP contribution >= 0.6 is 0 Å². The number of esters is 2. The first-order chi connectivity index (χ1) is 10.3. The topological polar surface area (TPSA) is 72.8 Å². The average molecular weight is 306 g/mol. The summed E-state index contributed by atoms with van der Waals surface area (Å²) in [6.07, 6.45) is 5.22. The van der Waals surface area contributed by atoms with Gasteiger partial charge in [0.1, 0.15) is 5.60 Å². The fourth-order valence-electron chi connectivity index (χ4n) is 6.68. The number of hydrogen-bond acceptors (Lipinski definition) is 5. The van der Waals surface area contributed by atoms with Crippen LogP contribution in [-0.4, -0.2) is 34.9 Å². The molecule has 5 saturated carbocycles. The Hall–Kier alpha value is -1.36. The minimum absolute atomic E-state index is 0.0803. The summed E-state index contributed by atoms with van der Waals surface area (Å²) in [4.78, 5) is 23.2. The highest BCUT2D eigenvalue weighted by Crippen LogP contribution is 2.76. The number of hydrogen-bond donors (Lipinski definition) is 1. The largest absolute Gasteiger partial charge is 0.456 e.